The van der Waals surface area contributed by atoms with Crippen LogP contribution in [0.15, 0.2) is 42.7 Å². The predicted molar refractivity (Wildman–Crippen MR) is 132 cm³/mol. The maximum Gasteiger partial charge on any atom is 0.223 e. The van der Waals surface area contributed by atoms with Crippen LogP contribution in [-0.2, 0) is 4.74 Å². The monoisotopic (exact) mass is 464 g/mol. The average molecular weight is 465 g/mol. The number of rotatable bonds is 8. The molecule has 34 heavy (non-hydrogen) atoms. The Morgan fingerprint density at radius 1 is 1.06 bits per heavy atom. The van der Waals surface area contributed by atoms with Gasteiger partial charge in [0.25, 0.3) is 0 Å². The molecule has 180 valence electrons. The van der Waals surface area contributed by atoms with Crippen molar-refractivity contribution >= 4 is 22.5 Å². The molecular formula is C25H32N6O3. The molecule has 9 heteroatoms. The summed E-state index contributed by atoms with van der Waals surface area (Å²) in [5, 5.41) is 5.65. The molecule has 1 aliphatic carbocycles. The molecule has 9 nitrogen and oxygen atoms in total. The Balaban J connectivity index is 1.21. The fraction of sp³-hybridized carbons (Fsp3) is 0.480. The highest BCUT2D eigenvalue weighted by Crippen LogP contribution is 2.32. The van der Waals surface area contributed by atoms with E-state index < -0.39 is 0 Å². The first-order chi connectivity index (χ1) is 16.8. The lowest BCUT2D eigenvalue weighted by Gasteiger charge is -2.31. The van der Waals surface area contributed by atoms with Crippen molar-refractivity contribution in [3.63, 3.8) is 0 Å². The van der Waals surface area contributed by atoms with Crippen LogP contribution < -0.4 is 25.4 Å². The first-order valence-electron chi connectivity index (χ1n) is 12.1. The lowest BCUT2D eigenvalue weighted by atomic mass is 9.93. The van der Waals surface area contributed by atoms with Crippen LogP contribution in [0.2, 0.25) is 0 Å². The molecule has 0 bridgehead atoms. The topological polar surface area (TPSA) is 108 Å². The summed E-state index contributed by atoms with van der Waals surface area (Å²) in [5.74, 6) is 2.94. The molecule has 1 aliphatic heterocycles. The van der Waals surface area contributed by atoms with Gasteiger partial charge >= 0.3 is 0 Å². The number of aromatic nitrogens is 3. The van der Waals surface area contributed by atoms with E-state index in [4.69, 9.17) is 24.9 Å². The van der Waals surface area contributed by atoms with E-state index in [1.807, 2.05) is 6.07 Å². The van der Waals surface area contributed by atoms with Crippen LogP contribution in [0, 0.1) is 0 Å². The normalized spacial score (nSPS) is 20.8. The number of pyridine rings is 1. The van der Waals surface area contributed by atoms with Crippen LogP contribution in [0.5, 0.6) is 11.6 Å². The maximum absolute atomic E-state index is 6.50. The Morgan fingerprint density at radius 2 is 1.82 bits per heavy atom. The molecule has 2 aromatic heterocycles. The predicted octanol–water partition coefficient (Wildman–Crippen LogP) is 3.00. The van der Waals surface area contributed by atoms with Crippen LogP contribution in [0.4, 0.5) is 11.8 Å². The van der Waals surface area contributed by atoms with Gasteiger partial charge in [-0.1, -0.05) is 18.2 Å². The second kappa shape index (κ2) is 10.8. The lowest BCUT2D eigenvalue weighted by molar-refractivity contribution is 0.122. The third-order valence-corrected chi connectivity index (χ3v) is 6.33. The summed E-state index contributed by atoms with van der Waals surface area (Å²) in [5.41, 5.74) is 5.46. The molecule has 0 spiro atoms. The molecular weight excluding hydrogens is 432 g/mol. The highest BCUT2D eigenvalue weighted by molar-refractivity contribution is 5.89. The lowest BCUT2D eigenvalue weighted by Crippen LogP contribution is -2.37. The Labute approximate surface area is 199 Å². The summed E-state index contributed by atoms with van der Waals surface area (Å²) < 4.78 is 17.4. The average Bonchev–Trinajstić information content (AvgIpc) is 2.90. The van der Waals surface area contributed by atoms with Gasteiger partial charge in [-0.05, 0) is 43.2 Å². The molecule has 1 saturated heterocycles. The number of nitrogens with zero attached hydrogens (tertiary/aromatic N) is 4. The Kier molecular flexibility index (Phi) is 7.21. The van der Waals surface area contributed by atoms with Crippen molar-refractivity contribution in [1.29, 1.82) is 0 Å². The standard InChI is InChI=1S/C25H32N6O3/c26-9-12-33-21-16-27-25(28-17-21)29-19-5-7-20(8-6-19)34-24-22-4-2-1-3-18(22)15-23(30-24)31-10-13-32-14-11-31/h1-4,15-17,19-20H,5-14,26H2,(H,27,28,29)/t19-,20+. The first-order valence-corrected chi connectivity index (χ1v) is 12.1. The Morgan fingerprint density at radius 3 is 2.59 bits per heavy atom. The van der Waals surface area contributed by atoms with Gasteiger partial charge < -0.3 is 30.2 Å². The SMILES string of the molecule is NCCOc1cnc(N[C@H]2CC[C@@H](Oc3nc(N4CCOCC4)cc4ccccc34)CC2)nc1. The molecule has 0 unspecified atom stereocenters. The van der Waals surface area contributed by atoms with Crippen LogP contribution in [-0.4, -0.2) is 66.6 Å². The number of ether oxygens (including phenoxy) is 3. The summed E-state index contributed by atoms with van der Waals surface area (Å²) in [6.45, 7) is 4.09. The van der Waals surface area contributed by atoms with Gasteiger partial charge in [0.1, 0.15) is 18.5 Å². The summed E-state index contributed by atoms with van der Waals surface area (Å²) in [6.07, 6.45) is 7.37. The minimum atomic E-state index is 0.141. The first kappa shape index (κ1) is 22.6. The fourth-order valence-corrected chi connectivity index (χ4v) is 4.51. The van der Waals surface area contributed by atoms with E-state index in [0.717, 1.165) is 74.5 Å². The van der Waals surface area contributed by atoms with Crippen molar-refractivity contribution in [1.82, 2.24) is 15.0 Å². The van der Waals surface area contributed by atoms with Crippen molar-refractivity contribution < 1.29 is 14.2 Å². The van der Waals surface area contributed by atoms with Crippen LogP contribution >= 0.6 is 0 Å². The highest BCUT2D eigenvalue weighted by Gasteiger charge is 2.25. The van der Waals surface area contributed by atoms with Gasteiger partial charge in [0, 0.05) is 31.1 Å². The highest BCUT2D eigenvalue weighted by atomic mass is 16.5. The van der Waals surface area contributed by atoms with Gasteiger partial charge in [0.2, 0.25) is 11.8 Å². The van der Waals surface area contributed by atoms with Gasteiger partial charge in [-0.3, -0.25) is 0 Å². The molecule has 2 aliphatic rings. The molecule has 1 aromatic carbocycles. The van der Waals surface area contributed by atoms with Gasteiger partial charge in [0.05, 0.1) is 25.6 Å². The van der Waals surface area contributed by atoms with E-state index in [1.54, 1.807) is 12.4 Å². The van der Waals surface area contributed by atoms with Gasteiger partial charge in [-0.2, -0.15) is 4.98 Å². The number of anilines is 2. The fourth-order valence-electron chi connectivity index (χ4n) is 4.51. The molecule has 2 fully saturated rings. The molecule has 3 N–H and O–H groups in total. The minimum absolute atomic E-state index is 0.141. The molecule has 5 rings (SSSR count). The molecule has 0 radical (unpaired) electrons. The van der Waals surface area contributed by atoms with Crippen molar-refractivity contribution in [2.24, 2.45) is 5.73 Å². The Hall–Kier alpha value is -3.17. The van der Waals surface area contributed by atoms with Gasteiger partial charge in [-0.25, -0.2) is 9.97 Å². The largest absolute Gasteiger partial charge is 0.489 e. The van der Waals surface area contributed by atoms with Gasteiger partial charge in [0.15, 0.2) is 5.75 Å². The third kappa shape index (κ3) is 5.48. The smallest absolute Gasteiger partial charge is 0.223 e. The minimum Gasteiger partial charge on any atom is -0.489 e. The second-order valence-corrected chi connectivity index (χ2v) is 8.72. The quantitative estimate of drug-likeness (QED) is 0.520. The third-order valence-electron chi connectivity index (χ3n) is 6.33. The number of morpholine rings is 1. The summed E-state index contributed by atoms with van der Waals surface area (Å²) in [6, 6.07) is 10.8. The molecule has 0 amide bonds. The molecule has 3 aromatic rings. The van der Waals surface area contributed by atoms with E-state index >= 15 is 0 Å². The van der Waals surface area contributed by atoms with Crippen LogP contribution in [0.3, 0.4) is 0 Å². The number of hydrogen-bond donors (Lipinski definition) is 2. The molecule has 1 saturated carbocycles. The van der Waals surface area contributed by atoms with E-state index in [-0.39, 0.29) is 6.10 Å². The summed E-state index contributed by atoms with van der Waals surface area (Å²) >= 11 is 0. The summed E-state index contributed by atoms with van der Waals surface area (Å²) in [4.78, 5) is 15.9. The maximum atomic E-state index is 6.50. The van der Waals surface area contributed by atoms with E-state index in [0.29, 0.717) is 30.9 Å². The number of nitrogens with one attached hydrogen (secondary N) is 1. The number of hydrogen-bond acceptors (Lipinski definition) is 9. The zero-order chi connectivity index (χ0) is 23.2. The van der Waals surface area contributed by atoms with Gasteiger partial charge in [-0.15, -0.1) is 0 Å². The zero-order valence-corrected chi connectivity index (χ0v) is 19.4. The number of fused-ring (bicyclic) bond motifs is 1. The van der Waals surface area contributed by atoms with Crippen LogP contribution in [0.1, 0.15) is 25.7 Å². The molecule has 0 atom stereocenters. The van der Waals surface area contributed by atoms with Crippen molar-refractivity contribution in [2.75, 3.05) is 49.7 Å². The molecule has 3 heterocycles. The van der Waals surface area contributed by atoms with Crippen molar-refractivity contribution in [3.05, 3.63) is 42.7 Å². The van der Waals surface area contributed by atoms with E-state index in [1.165, 1.54) is 0 Å². The van der Waals surface area contributed by atoms with Crippen LogP contribution in [0.25, 0.3) is 10.8 Å². The number of nitrogens with two attached hydrogens (primary N) is 1. The Bertz CT molecular complexity index is 1070. The second-order valence-electron chi connectivity index (χ2n) is 8.72. The summed E-state index contributed by atoms with van der Waals surface area (Å²) in [7, 11) is 0. The van der Waals surface area contributed by atoms with E-state index in [2.05, 4.69) is 44.5 Å². The van der Waals surface area contributed by atoms with E-state index in [9.17, 15) is 0 Å². The van der Waals surface area contributed by atoms with Crippen molar-refractivity contribution in [3.8, 4) is 11.6 Å². The zero-order valence-electron chi connectivity index (χ0n) is 19.4. The van der Waals surface area contributed by atoms with Crippen molar-refractivity contribution in [2.45, 2.75) is 37.8 Å². The number of benzene rings is 1.